The number of hydrogen-bond donors (Lipinski definition) is 0. The van der Waals surface area contributed by atoms with Crippen LogP contribution in [0.4, 0.5) is 0 Å². The monoisotopic (exact) mass is 808 g/mol. The number of ether oxygens (including phenoxy) is 2. The largest absolute Gasteiger partial charge is 0.496 e. The van der Waals surface area contributed by atoms with Crippen LogP contribution in [-0.2, 0) is 9.59 Å². The van der Waals surface area contributed by atoms with E-state index in [1.165, 1.54) is 11.8 Å². The second-order valence-electron chi connectivity index (χ2n) is 12.9. The molecule has 4 aromatic rings. The molecular weight excluding hydrogens is 770 g/mol. The Labute approximate surface area is 335 Å². The van der Waals surface area contributed by atoms with Crippen molar-refractivity contribution in [1.29, 1.82) is 0 Å². The maximum absolute atomic E-state index is 13.2. The van der Waals surface area contributed by atoms with Crippen LogP contribution in [-0.4, -0.2) is 62.0 Å². The van der Waals surface area contributed by atoms with Gasteiger partial charge in [0, 0.05) is 70.4 Å². The molecule has 0 N–H and O–H groups in total. The van der Waals surface area contributed by atoms with Gasteiger partial charge in [-0.3, -0.25) is 9.59 Å². The lowest BCUT2D eigenvalue weighted by molar-refractivity contribution is -0.127. The molecule has 0 radical (unpaired) electrons. The fourth-order valence-electron chi connectivity index (χ4n) is 6.76. The minimum atomic E-state index is -0.0709. The summed E-state index contributed by atoms with van der Waals surface area (Å²) in [5, 5.41) is 1.15. The van der Waals surface area contributed by atoms with Gasteiger partial charge in [-0.15, -0.1) is 0 Å². The number of para-hydroxylation sites is 2. The quantitative estimate of drug-likeness (QED) is 0.149. The Hall–Kier alpha value is -3.59. The van der Waals surface area contributed by atoms with Gasteiger partial charge in [-0.1, -0.05) is 94.6 Å². The molecule has 2 aliphatic heterocycles. The van der Waals surface area contributed by atoms with Gasteiger partial charge in [0.1, 0.15) is 11.5 Å². The zero-order valence-corrected chi connectivity index (χ0v) is 33.4. The summed E-state index contributed by atoms with van der Waals surface area (Å²) >= 11 is 29.6. The third-order valence-electron chi connectivity index (χ3n) is 9.56. The molecule has 0 aromatic heterocycles. The first-order valence-electron chi connectivity index (χ1n) is 17.6. The molecule has 2 saturated heterocycles. The van der Waals surface area contributed by atoms with Crippen LogP contribution in [0.15, 0.2) is 82.6 Å². The van der Waals surface area contributed by atoms with Crippen molar-refractivity contribution in [2.75, 3.05) is 40.4 Å². The highest BCUT2D eigenvalue weighted by molar-refractivity contribution is 7.99. The SMILES string of the molecule is COc1ccccc1-c1cc(Sc2cc(-c3ccccc3OC)c(/C=C/C(=O)N3CCCCC3)c(Cl)c2Cl)c(Cl)c(Cl)c1/C=C/C(=O)N1CCCCC1. The highest BCUT2D eigenvalue weighted by Gasteiger charge is 2.24. The number of hydrogen-bond acceptors (Lipinski definition) is 5. The summed E-state index contributed by atoms with van der Waals surface area (Å²) < 4.78 is 11.5. The van der Waals surface area contributed by atoms with Crippen molar-refractivity contribution >= 4 is 82.1 Å². The number of nitrogens with zero attached hydrogens (tertiary/aromatic N) is 2. The molecular formula is C42H40Cl4N2O4S. The summed E-state index contributed by atoms with van der Waals surface area (Å²) in [5.74, 6) is 1.12. The van der Waals surface area contributed by atoms with Gasteiger partial charge in [0.25, 0.3) is 0 Å². The molecule has 0 unspecified atom stereocenters. The summed E-state index contributed by atoms with van der Waals surface area (Å²) in [6, 6.07) is 19.1. The smallest absolute Gasteiger partial charge is 0.246 e. The maximum Gasteiger partial charge on any atom is 0.246 e. The van der Waals surface area contributed by atoms with Crippen molar-refractivity contribution in [1.82, 2.24) is 9.80 Å². The van der Waals surface area contributed by atoms with E-state index in [4.69, 9.17) is 55.9 Å². The minimum Gasteiger partial charge on any atom is -0.496 e. The van der Waals surface area contributed by atoms with Gasteiger partial charge in [0.2, 0.25) is 11.8 Å². The number of rotatable bonds is 10. The van der Waals surface area contributed by atoms with Crippen molar-refractivity contribution in [3.8, 4) is 33.8 Å². The lowest BCUT2D eigenvalue weighted by Gasteiger charge is -2.25. The van der Waals surface area contributed by atoms with E-state index in [1.54, 1.807) is 38.5 Å². The second kappa shape index (κ2) is 18.2. The van der Waals surface area contributed by atoms with E-state index in [1.807, 2.05) is 70.5 Å². The lowest BCUT2D eigenvalue weighted by Crippen LogP contribution is -2.34. The molecule has 4 aromatic carbocycles. The van der Waals surface area contributed by atoms with Crippen molar-refractivity contribution in [2.45, 2.75) is 48.3 Å². The standard InChI is InChI=1S/C42H40Cl4N2O4S/c1-51-33-15-7-5-13-27(33)31-25-35(41(45)39(43)29(31)17-19-37(49)47-21-9-3-10-22-47)53-36-26-32(28-14-6-8-16-34(28)52-2)30(40(44)42(36)46)18-20-38(50)48-23-11-4-12-24-48/h5-8,13-20,25-26H,3-4,9-12,21-24H2,1-2H3/b19-17+,20-18+. The summed E-state index contributed by atoms with van der Waals surface area (Å²) in [6.45, 7) is 2.93. The molecule has 2 amide bonds. The normalized spacial score (nSPS) is 15.0. The van der Waals surface area contributed by atoms with E-state index >= 15 is 0 Å². The van der Waals surface area contributed by atoms with Crippen molar-refractivity contribution in [3.63, 3.8) is 0 Å². The van der Waals surface area contributed by atoms with Crippen molar-refractivity contribution in [2.24, 2.45) is 0 Å². The first kappa shape index (κ1) is 39.1. The summed E-state index contributed by atoms with van der Waals surface area (Å²) in [7, 11) is 3.22. The average Bonchev–Trinajstić information content (AvgIpc) is 3.20. The molecule has 0 spiro atoms. The molecule has 276 valence electrons. The maximum atomic E-state index is 13.2. The third-order valence-corrected chi connectivity index (χ3v) is 12.6. The molecule has 2 aliphatic rings. The topological polar surface area (TPSA) is 59.1 Å². The van der Waals surface area contributed by atoms with Gasteiger partial charge in [0.05, 0.1) is 34.3 Å². The Balaban J connectivity index is 1.46. The van der Waals surface area contributed by atoms with E-state index in [0.29, 0.717) is 42.5 Å². The van der Waals surface area contributed by atoms with Gasteiger partial charge in [-0.25, -0.2) is 0 Å². The van der Waals surface area contributed by atoms with Crippen LogP contribution >= 0.6 is 58.2 Å². The zero-order chi connectivity index (χ0) is 37.5. The molecule has 0 aliphatic carbocycles. The van der Waals surface area contributed by atoms with Crippen LogP contribution in [0.25, 0.3) is 34.4 Å². The van der Waals surface area contributed by atoms with Gasteiger partial charge >= 0.3 is 0 Å². The Kier molecular flexibility index (Phi) is 13.4. The number of carbonyl (C=O) groups is 2. The molecule has 0 saturated carbocycles. The number of halogens is 4. The highest BCUT2D eigenvalue weighted by atomic mass is 35.5. The Bertz CT molecular complexity index is 1910. The lowest BCUT2D eigenvalue weighted by atomic mass is 9.98. The summed E-state index contributed by atoms with van der Waals surface area (Å²) in [4.78, 5) is 31.3. The molecule has 0 atom stereocenters. The molecule has 6 rings (SSSR count). The van der Waals surface area contributed by atoms with E-state index in [0.717, 1.165) is 87.0 Å². The Morgan fingerprint density at radius 1 is 0.566 bits per heavy atom. The molecule has 0 bridgehead atoms. The van der Waals surface area contributed by atoms with Gasteiger partial charge < -0.3 is 19.3 Å². The minimum absolute atomic E-state index is 0.0709. The number of carbonyl (C=O) groups excluding carboxylic acids is 2. The Morgan fingerprint density at radius 3 is 1.32 bits per heavy atom. The third kappa shape index (κ3) is 8.87. The molecule has 6 nitrogen and oxygen atoms in total. The number of piperidine rings is 2. The summed E-state index contributed by atoms with van der Waals surface area (Å²) in [5.41, 5.74) is 4.19. The van der Waals surface area contributed by atoms with Crippen LogP contribution in [0.2, 0.25) is 20.1 Å². The van der Waals surface area contributed by atoms with E-state index in [9.17, 15) is 9.59 Å². The van der Waals surface area contributed by atoms with Gasteiger partial charge in [-0.2, -0.15) is 0 Å². The second-order valence-corrected chi connectivity index (χ2v) is 15.5. The van der Waals surface area contributed by atoms with Crippen LogP contribution in [0.5, 0.6) is 11.5 Å². The van der Waals surface area contributed by atoms with Crippen LogP contribution in [0.3, 0.4) is 0 Å². The molecule has 2 fully saturated rings. The van der Waals surface area contributed by atoms with Gasteiger partial charge in [-0.05, 0) is 86.1 Å². The predicted molar refractivity (Wildman–Crippen MR) is 220 cm³/mol. The fraction of sp³-hybridized carbons (Fsp3) is 0.286. The van der Waals surface area contributed by atoms with Crippen molar-refractivity contribution in [3.05, 3.63) is 104 Å². The number of likely N-dealkylation sites (tertiary alicyclic amines) is 2. The number of amides is 2. The van der Waals surface area contributed by atoms with E-state index in [-0.39, 0.29) is 21.9 Å². The number of benzene rings is 4. The van der Waals surface area contributed by atoms with Crippen LogP contribution < -0.4 is 9.47 Å². The van der Waals surface area contributed by atoms with Crippen LogP contribution in [0, 0.1) is 0 Å². The molecule has 53 heavy (non-hydrogen) atoms. The first-order chi connectivity index (χ1) is 25.7. The van der Waals surface area contributed by atoms with Crippen LogP contribution in [0.1, 0.15) is 49.7 Å². The first-order valence-corrected chi connectivity index (χ1v) is 20.0. The predicted octanol–water partition coefficient (Wildman–Crippen LogP) is 11.9. The molecule has 11 heteroatoms. The average molecular weight is 811 g/mol. The van der Waals surface area contributed by atoms with Crippen molar-refractivity contribution < 1.29 is 19.1 Å². The summed E-state index contributed by atoms with van der Waals surface area (Å²) in [6.07, 6.45) is 12.8. The number of methoxy groups -OCH3 is 2. The Morgan fingerprint density at radius 2 is 0.943 bits per heavy atom. The zero-order valence-electron chi connectivity index (χ0n) is 29.6. The molecule has 2 heterocycles. The van der Waals surface area contributed by atoms with E-state index in [2.05, 4.69) is 0 Å². The fourth-order valence-corrected chi connectivity index (χ4v) is 8.92. The van der Waals surface area contributed by atoms with Gasteiger partial charge in [0.15, 0.2) is 0 Å². The van der Waals surface area contributed by atoms with E-state index < -0.39 is 0 Å². The highest BCUT2D eigenvalue weighted by Crippen LogP contribution is 2.50.